The molecule has 0 aliphatic carbocycles. The van der Waals surface area contributed by atoms with Gasteiger partial charge < -0.3 is 74.2 Å². The molecule has 12 atom stereocenters. The van der Waals surface area contributed by atoms with Crippen molar-refractivity contribution < 1.29 is 72.2 Å². The highest BCUT2D eigenvalue weighted by Crippen LogP contribution is 2.27. The third-order valence-corrected chi connectivity index (χ3v) is 19.2. The Bertz CT molecular complexity index is 2360. The molecular weight excluding hydrogens is 1160 g/mol. The molecule has 28 nitrogen and oxygen atoms in total. The first-order chi connectivity index (χ1) is 38.2. The highest BCUT2D eigenvalue weighted by Gasteiger charge is 2.41. The number of nitrogens with one attached hydrogen (secondary N) is 11. The van der Waals surface area contributed by atoms with E-state index >= 15 is 0 Å². The van der Waals surface area contributed by atoms with Gasteiger partial charge in [-0.2, -0.15) is 11.8 Å². The Morgan fingerprint density at radius 1 is 0.568 bits per heavy atom. The topological polar surface area (TPSA) is 421 Å². The Labute approximate surface area is 488 Å². The second-order valence-corrected chi connectivity index (χ2v) is 26.7. The highest BCUT2D eigenvalue weighted by atomic mass is 33.1. The largest absolute Gasteiger partial charge is 0.481 e. The van der Waals surface area contributed by atoms with Gasteiger partial charge in [0.25, 0.3) is 0 Å². The normalized spacial score (nSPS) is 30.7. The van der Waals surface area contributed by atoms with Crippen LogP contribution in [0.1, 0.15) is 86.5 Å². The molecular formula is C48H75N13O15S5. The predicted molar refractivity (Wildman–Crippen MR) is 305 cm³/mol. The fourth-order valence-electron chi connectivity index (χ4n) is 8.39. The maximum absolute atomic E-state index is 14.6. The van der Waals surface area contributed by atoms with Crippen LogP contribution in [-0.4, -0.2) is 207 Å². The van der Waals surface area contributed by atoms with Gasteiger partial charge in [-0.3, -0.25) is 67.1 Å². The van der Waals surface area contributed by atoms with Crippen LogP contribution in [0.2, 0.25) is 0 Å². The zero-order valence-corrected chi connectivity index (χ0v) is 49.9. The summed E-state index contributed by atoms with van der Waals surface area (Å²) >= 11 is 1.03. The average molecular weight is 1230 g/mol. The van der Waals surface area contributed by atoms with Crippen molar-refractivity contribution in [2.45, 2.75) is 153 Å². The number of nitrogens with two attached hydrogens (primary N) is 1. The van der Waals surface area contributed by atoms with E-state index in [1.807, 2.05) is 0 Å². The summed E-state index contributed by atoms with van der Waals surface area (Å²) in [6.07, 6.45) is -1.69. The van der Waals surface area contributed by atoms with Gasteiger partial charge in [0.1, 0.15) is 60.4 Å². The monoisotopic (exact) mass is 1230 g/mol. The van der Waals surface area contributed by atoms with Crippen molar-refractivity contribution in [3.63, 3.8) is 0 Å². The van der Waals surface area contributed by atoms with Gasteiger partial charge in [-0.1, -0.05) is 63.9 Å². The lowest BCUT2D eigenvalue weighted by Gasteiger charge is -2.30. The maximum Gasteiger partial charge on any atom is 0.303 e. The SMILES string of the molecule is CC(C)C[C@@H]1NC(=O)[C@H](CCC(=O)O)NC(=O)[C@@H]2CSCC[C@@H]3NC(=O)[C@H](C)NC(=O)[C@@H]4CCCN4C(=O)[C@H](CC(N)=O)NC(=O)[C@H](CSSC[C@H](C)C(=O)N2)NC(=O)[C@H](CSSC[C@@H](C)NC(=O)CNC(=O)[C@H](C)NC3=O)NC1=O. The minimum atomic E-state index is -1.69. The molecule has 13 amide bonds. The maximum atomic E-state index is 14.6. The lowest BCUT2D eigenvalue weighted by molar-refractivity contribution is -0.143. The first-order valence-corrected chi connectivity index (χ1v) is 32.5. The van der Waals surface area contributed by atoms with Crippen LogP contribution in [-0.2, 0) is 67.1 Å². The molecule has 4 saturated heterocycles. The number of carbonyl (C=O) groups excluding carboxylic acids is 13. The minimum Gasteiger partial charge on any atom is -0.481 e. The quantitative estimate of drug-likeness (QED) is 0.0863. The molecule has 4 bridgehead atoms. The molecule has 4 fully saturated rings. The molecule has 0 spiro atoms. The number of amides is 13. The number of carbonyl (C=O) groups is 14. The van der Waals surface area contributed by atoms with Gasteiger partial charge in [0.15, 0.2) is 0 Å². The molecule has 4 aliphatic heterocycles. The van der Waals surface area contributed by atoms with Crippen molar-refractivity contribution in [1.82, 2.24) is 63.4 Å². The summed E-state index contributed by atoms with van der Waals surface area (Å²) in [4.78, 5) is 194. The Kier molecular flexibility index (Phi) is 28.0. The summed E-state index contributed by atoms with van der Waals surface area (Å²) in [5, 5.41) is 38.3. The number of primary amides is 1. The smallest absolute Gasteiger partial charge is 0.303 e. The summed E-state index contributed by atoms with van der Waals surface area (Å²) < 4.78 is 0. The Morgan fingerprint density at radius 2 is 1.09 bits per heavy atom. The second kappa shape index (κ2) is 33.4. The van der Waals surface area contributed by atoms with E-state index in [0.717, 1.165) is 49.0 Å². The van der Waals surface area contributed by atoms with Crippen LogP contribution in [0.15, 0.2) is 0 Å². The standard InChI is InChI=1S/C48H75N13O15S5/c1-22(2)14-29-43(71)59-33-21-81-79-18-24(4)51-36(63)16-50-39(67)25(5)52-41(69)28-11-13-77-19-31(44(72)55-27(42(70)56-29)9-10-37(64)65)58-38(66)23(3)17-78-80-20-32(60-46(33)74)45(73)57-30(15-35(49)62)48(76)61-12-7-8-34(61)47(75)53-26(6)40(68)54-28/h22-34H,7-21H2,1-6H3,(H2,49,62)(H,50,67)(H,51,63)(H,52,69)(H,53,75)(H,54,68)(H,55,72)(H,56,70)(H,57,73)(H,58,66)(H,59,71)(H,60,74)(H,64,65)/t23-,24+,25-,26-,27-,28-,29-,30-,31-,32-,33-,34-/m0/s1. The molecule has 4 heterocycles. The van der Waals surface area contributed by atoms with E-state index in [0.29, 0.717) is 6.42 Å². The molecule has 0 unspecified atom stereocenters. The second-order valence-electron chi connectivity index (χ2n) is 20.4. The van der Waals surface area contributed by atoms with Crippen LogP contribution in [0.5, 0.6) is 0 Å². The highest BCUT2D eigenvalue weighted by molar-refractivity contribution is 8.77. The Balaban J connectivity index is 1.96. The van der Waals surface area contributed by atoms with Gasteiger partial charge in [0, 0.05) is 53.7 Å². The summed E-state index contributed by atoms with van der Waals surface area (Å²) in [5.41, 5.74) is 5.61. The van der Waals surface area contributed by atoms with E-state index in [2.05, 4.69) is 58.5 Å². The van der Waals surface area contributed by atoms with Crippen LogP contribution in [0.25, 0.3) is 0 Å². The van der Waals surface area contributed by atoms with Crippen LogP contribution >= 0.6 is 54.9 Å². The average Bonchev–Trinajstić information content (AvgIpc) is 3.96. The number of carboxylic acid groups (broad SMARTS) is 1. The first-order valence-electron chi connectivity index (χ1n) is 26.4. The first kappa shape index (κ1) is 67.8. The van der Waals surface area contributed by atoms with Crippen molar-refractivity contribution >= 4 is 138 Å². The molecule has 0 aromatic carbocycles. The lowest BCUT2D eigenvalue weighted by Crippen LogP contribution is -2.61. The lowest BCUT2D eigenvalue weighted by atomic mass is 10.0. The van der Waals surface area contributed by atoms with E-state index in [4.69, 9.17) is 5.73 Å². The third-order valence-electron chi connectivity index (χ3n) is 12.9. The number of thioether (sulfide) groups is 1. The van der Waals surface area contributed by atoms with Crippen LogP contribution in [0.3, 0.4) is 0 Å². The zero-order chi connectivity index (χ0) is 60.1. The van der Waals surface area contributed by atoms with Gasteiger partial charge in [-0.15, -0.1) is 0 Å². The molecule has 33 heteroatoms. The van der Waals surface area contributed by atoms with Gasteiger partial charge in [0.05, 0.1) is 13.0 Å². The van der Waals surface area contributed by atoms with E-state index in [9.17, 15) is 72.2 Å². The van der Waals surface area contributed by atoms with Crippen LogP contribution in [0.4, 0.5) is 0 Å². The molecule has 0 aromatic heterocycles. The van der Waals surface area contributed by atoms with Gasteiger partial charge in [-0.05, 0) is 64.5 Å². The number of hydrogen-bond acceptors (Lipinski definition) is 19. The molecule has 14 N–H and O–H groups in total. The zero-order valence-electron chi connectivity index (χ0n) is 45.8. The van der Waals surface area contributed by atoms with Crippen LogP contribution < -0.4 is 64.2 Å². The number of aliphatic carboxylic acids is 1. The van der Waals surface area contributed by atoms with Gasteiger partial charge >= 0.3 is 5.97 Å². The van der Waals surface area contributed by atoms with Gasteiger partial charge in [-0.25, -0.2) is 0 Å². The Hall–Kier alpha value is -5.67. The van der Waals surface area contributed by atoms with Crippen molar-refractivity contribution in [3.05, 3.63) is 0 Å². The summed E-state index contributed by atoms with van der Waals surface area (Å²) in [6.45, 7) is 8.83. The van der Waals surface area contributed by atoms with Crippen molar-refractivity contribution in [1.29, 1.82) is 0 Å². The molecule has 0 radical (unpaired) electrons. The van der Waals surface area contributed by atoms with E-state index in [1.54, 1.807) is 27.7 Å². The molecule has 4 aliphatic rings. The number of carboxylic acids is 1. The number of rotatable bonds is 7. The fourth-order valence-corrected chi connectivity index (χ4v) is 14.4. The van der Waals surface area contributed by atoms with Crippen molar-refractivity contribution in [2.24, 2.45) is 17.6 Å². The number of nitrogens with zero attached hydrogens (tertiary/aromatic N) is 1. The summed E-state index contributed by atoms with van der Waals surface area (Å²) in [7, 11) is 4.40. The van der Waals surface area contributed by atoms with E-state index in [1.165, 1.54) is 24.6 Å². The van der Waals surface area contributed by atoms with E-state index in [-0.39, 0.29) is 66.2 Å². The van der Waals surface area contributed by atoms with E-state index < -0.39 is 181 Å². The molecule has 0 saturated carbocycles. The van der Waals surface area contributed by atoms with Crippen LogP contribution in [0, 0.1) is 11.8 Å². The predicted octanol–water partition coefficient (Wildman–Crippen LogP) is -3.65. The third kappa shape index (κ3) is 22.5. The molecule has 4 rings (SSSR count). The number of hydrogen-bond donors (Lipinski definition) is 13. The summed E-state index contributed by atoms with van der Waals surface area (Å²) in [6, 6.07) is -15.0. The number of fused-ring (bicyclic) bond motifs is 20. The van der Waals surface area contributed by atoms with Gasteiger partial charge in [0.2, 0.25) is 76.8 Å². The molecule has 452 valence electrons. The Morgan fingerprint density at radius 3 is 1.73 bits per heavy atom. The summed E-state index contributed by atoms with van der Waals surface area (Å²) in [5.74, 6) is -14.1. The fraction of sp³-hybridized carbons (Fsp3) is 0.708. The van der Waals surface area contributed by atoms with Crippen molar-refractivity contribution in [2.75, 3.05) is 47.6 Å². The molecule has 81 heavy (non-hydrogen) atoms. The van der Waals surface area contributed by atoms with Crippen molar-refractivity contribution in [3.8, 4) is 0 Å². The molecule has 0 aromatic rings. The minimum absolute atomic E-state index is 0.0173.